The fourth-order valence-corrected chi connectivity index (χ4v) is 3.65. The summed E-state index contributed by atoms with van der Waals surface area (Å²) in [6, 6.07) is 6.43. The van der Waals surface area contributed by atoms with E-state index in [1.807, 2.05) is 20.8 Å². The molecule has 30 heavy (non-hydrogen) atoms. The zero-order valence-electron chi connectivity index (χ0n) is 17.4. The molecule has 1 aromatic rings. The molecule has 9 nitrogen and oxygen atoms in total. The molecule has 1 aromatic carbocycles. The Hall–Kier alpha value is -3.23. The van der Waals surface area contributed by atoms with Gasteiger partial charge in [0.15, 0.2) is 0 Å². The molecule has 0 radical (unpaired) electrons. The monoisotopic (exact) mass is 414 g/mol. The summed E-state index contributed by atoms with van der Waals surface area (Å²) < 4.78 is 0. The topological polar surface area (TPSA) is 116 Å². The Labute approximate surface area is 174 Å². The van der Waals surface area contributed by atoms with Gasteiger partial charge in [0.05, 0.1) is 17.0 Å². The third kappa shape index (κ3) is 4.34. The van der Waals surface area contributed by atoms with Gasteiger partial charge in [-0.3, -0.25) is 28.9 Å². The van der Waals surface area contributed by atoms with Crippen molar-refractivity contribution in [3.63, 3.8) is 0 Å². The maximum atomic E-state index is 12.3. The Morgan fingerprint density at radius 2 is 1.57 bits per heavy atom. The SMILES string of the molecule is CC(C)(C)N1CC(C(=O)NCCNC(=O)CN2C(=O)c3ccccc3C2=O)CC1=O. The second kappa shape index (κ2) is 8.25. The van der Waals surface area contributed by atoms with Gasteiger partial charge >= 0.3 is 0 Å². The van der Waals surface area contributed by atoms with E-state index in [9.17, 15) is 24.0 Å². The third-order valence-corrected chi connectivity index (χ3v) is 5.23. The molecule has 1 fully saturated rings. The Balaban J connectivity index is 1.41. The van der Waals surface area contributed by atoms with Gasteiger partial charge < -0.3 is 15.5 Å². The number of benzene rings is 1. The van der Waals surface area contributed by atoms with Gasteiger partial charge in [-0.05, 0) is 32.9 Å². The fourth-order valence-electron chi connectivity index (χ4n) is 3.65. The minimum atomic E-state index is -0.492. The van der Waals surface area contributed by atoms with Crippen molar-refractivity contribution in [1.82, 2.24) is 20.4 Å². The lowest BCUT2D eigenvalue weighted by atomic mass is 10.1. The van der Waals surface area contributed by atoms with Crippen LogP contribution in [0.2, 0.25) is 0 Å². The average molecular weight is 414 g/mol. The second-order valence-corrected chi connectivity index (χ2v) is 8.46. The molecular formula is C21H26N4O5. The van der Waals surface area contributed by atoms with Crippen LogP contribution in [0.5, 0.6) is 0 Å². The number of nitrogens with one attached hydrogen (secondary N) is 2. The molecule has 0 aliphatic carbocycles. The van der Waals surface area contributed by atoms with Crippen LogP contribution in [0.3, 0.4) is 0 Å². The summed E-state index contributed by atoms with van der Waals surface area (Å²) in [7, 11) is 0. The van der Waals surface area contributed by atoms with Crippen LogP contribution in [-0.2, 0) is 14.4 Å². The predicted octanol–water partition coefficient (Wildman–Crippen LogP) is 0.162. The van der Waals surface area contributed by atoms with Crippen molar-refractivity contribution in [2.75, 3.05) is 26.2 Å². The Morgan fingerprint density at radius 1 is 1.00 bits per heavy atom. The summed E-state index contributed by atoms with van der Waals surface area (Å²) in [5, 5.41) is 5.31. The molecule has 5 amide bonds. The Kier molecular flexibility index (Phi) is 5.91. The average Bonchev–Trinajstić information content (AvgIpc) is 3.19. The summed E-state index contributed by atoms with van der Waals surface area (Å²) >= 11 is 0. The number of nitrogens with zero attached hydrogens (tertiary/aromatic N) is 2. The number of hydrogen-bond acceptors (Lipinski definition) is 5. The van der Waals surface area contributed by atoms with Gasteiger partial charge in [-0.2, -0.15) is 0 Å². The minimum absolute atomic E-state index is 0.0445. The molecule has 1 saturated heterocycles. The number of carbonyl (C=O) groups excluding carboxylic acids is 5. The van der Waals surface area contributed by atoms with Crippen molar-refractivity contribution >= 4 is 29.5 Å². The molecule has 2 heterocycles. The van der Waals surface area contributed by atoms with E-state index >= 15 is 0 Å². The fraction of sp³-hybridized carbons (Fsp3) is 0.476. The molecule has 0 bridgehead atoms. The molecule has 2 N–H and O–H groups in total. The molecule has 1 unspecified atom stereocenters. The number of rotatable bonds is 6. The summed E-state index contributed by atoms with van der Waals surface area (Å²) in [5.41, 5.74) is 0.250. The highest BCUT2D eigenvalue weighted by molar-refractivity contribution is 6.22. The van der Waals surface area contributed by atoms with Crippen LogP contribution in [0.1, 0.15) is 47.9 Å². The van der Waals surface area contributed by atoms with Crippen molar-refractivity contribution < 1.29 is 24.0 Å². The molecule has 0 saturated carbocycles. The van der Waals surface area contributed by atoms with Crippen LogP contribution in [0.25, 0.3) is 0 Å². The summed E-state index contributed by atoms with van der Waals surface area (Å²) in [5.74, 6) is -2.16. The van der Waals surface area contributed by atoms with Crippen molar-refractivity contribution in [3.05, 3.63) is 35.4 Å². The normalized spacial score (nSPS) is 18.6. The minimum Gasteiger partial charge on any atom is -0.354 e. The van der Waals surface area contributed by atoms with Crippen LogP contribution < -0.4 is 10.6 Å². The number of amides is 5. The lowest BCUT2D eigenvalue weighted by Gasteiger charge is -2.31. The number of carbonyl (C=O) groups is 5. The lowest BCUT2D eigenvalue weighted by molar-refractivity contribution is -0.132. The van der Waals surface area contributed by atoms with Crippen molar-refractivity contribution in [2.24, 2.45) is 5.92 Å². The molecule has 2 aliphatic rings. The molecule has 0 spiro atoms. The van der Waals surface area contributed by atoms with Crippen LogP contribution >= 0.6 is 0 Å². The summed E-state index contributed by atoms with van der Waals surface area (Å²) in [4.78, 5) is 63.6. The summed E-state index contributed by atoms with van der Waals surface area (Å²) in [6.45, 7) is 6.11. The van der Waals surface area contributed by atoms with Gasteiger partial charge in [0.2, 0.25) is 17.7 Å². The first kappa shape index (κ1) is 21.5. The molecule has 2 aliphatic heterocycles. The zero-order valence-corrected chi connectivity index (χ0v) is 17.4. The van der Waals surface area contributed by atoms with Crippen molar-refractivity contribution in [1.29, 1.82) is 0 Å². The van der Waals surface area contributed by atoms with E-state index in [-0.39, 0.29) is 54.5 Å². The largest absolute Gasteiger partial charge is 0.354 e. The lowest BCUT2D eigenvalue weighted by Crippen LogP contribution is -2.44. The zero-order chi connectivity index (χ0) is 22.1. The van der Waals surface area contributed by atoms with E-state index in [4.69, 9.17) is 0 Å². The van der Waals surface area contributed by atoms with E-state index in [0.29, 0.717) is 6.54 Å². The van der Waals surface area contributed by atoms with E-state index < -0.39 is 23.6 Å². The molecule has 160 valence electrons. The number of fused-ring (bicyclic) bond motifs is 1. The first-order valence-electron chi connectivity index (χ1n) is 9.89. The maximum Gasteiger partial charge on any atom is 0.262 e. The molecule has 1 atom stereocenters. The molecular weight excluding hydrogens is 388 g/mol. The van der Waals surface area contributed by atoms with Crippen LogP contribution in [0, 0.1) is 5.92 Å². The van der Waals surface area contributed by atoms with E-state index in [1.165, 1.54) is 0 Å². The Morgan fingerprint density at radius 3 is 2.10 bits per heavy atom. The number of imide groups is 1. The van der Waals surface area contributed by atoms with Crippen LogP contribution in [-0.4, -0.2) is 71.1 Å². The van der Waals surface area contributed by atoms with Gasteiger partial charge in [0, 0.05) is 31.6 Å². The predicted molar refractivity (Wildman–Crippen MR) is 107 cm³/mol. The molecule has 9 heteroatoms. The highest BCUT2D eigenvalue weighted by Crippen LogP contribution is 2.25. The third-order valence-electron chi connectivity index (χ3n) is 5.23. The maximum absolute atomic E-state index is 12.3. The van der Waals surface area contributed by atoms with Gasteiger partial charge in [-0.1, -0.05) is 12.1 Å². The van der Waals surface area contributed by atoms with Crippen LogP contribution in [0.4, 0.5) is 0 Å². The standard InChI is InChI=1S/C21H26N4O5/c1-21(2,3)25-11-13(10-17(25)27)18(28)23-9-8-22-16(26)12-24-19(29)14-6-4-5-7-15(14)20(24)30/h4-7,13H,8-12H2,1-3H3,(H,22,26)(H,23,28). The van der Waals surface area contributed by atoms with Crippen LogP contribution in [0.15, 0.2) is 24.3 Å². The quantitative estimate of drug-likeness (QED) is 0.508. The number of hydrogen-bond donors (Lipinski definition) is 2. The molecule has 3 rings (SSSR count). The smallest absolute Gasteiger partial charge is 0.262 e. The van der Waals surface area contributed by atoms with Gasteiger partial charge in [0.25, 0.3) is 11.8 Å². The van der Waals surface area contributed by atoms with Gasteiger partial charge in [-0.25, -0.2) is 0 Å². The highest BCUT2D eigenvalue weighted by atomic mass is 16.2. The molecule has 0 aromatic heterocycles. The first-order valence-corrected chi connectivity index (χ1v) is 9.89. The van der Waals surface area contributed by atoms with Gasteiger partial charge in [-0.15, -0.1) is 0 Å². The van der Waals surface area contributed by atoms with E-state index in [1.54, 1.807) is 29.2 Å². The van der Waals surface area contributed by atoms with E-state index in [2.05, 4.69) is 10.6 Å². The van der Waals surface area contributed by atoms with Crippen molar-refractivity contribution in [2.45, 2.75) is 32.7 Å². The van der Waals surface area contributed by atoms with E-state index in [0.717, 1.165) is 4.90 Å². The van der Waals surface area contributed by atoms with Gasteiger partial charge in [0.1, 0.15) is 6.54 Å². The summed E-state index contributed by atoms with van der Waals surface area (Å²) in [6.07, 6.45) is 0.176. The Bertz CT molecular complexity index is 870. The first-order chi connectivity index (χ1) is 14.1. The highest BCUT2D eigenvalue weighted by Gasteiger charge is 2.39. The second-order valence-electron chi connectivity index (χ2n) is 8.46. The van der Waals surface area contributed by atoms with Crippen molar-refractivity contribution in [3.8, 4) is 0 Å². The number of likely N-dealkylation sites (tertiary alicyclic amines) is 1.